The Morgan fingerprint density at radius 3 is 2.37 bits per heavy atom. The van der Waals surface area contributed by atoms with Crippen LogP contribution in [0.25, 0.3) is 0 Å². The van der Waals surface area contributed by atoms with Gasteiger partial charge in [-0.25, -0.2) is 0 Å². The molecule has 0 radical (unpaired) electrons. The minimum Gasteiger partial charge on any atom is -0.508 e. The Kier molecular flexibility index (Phi) is 4.53. The second-order valence-corrected chi connectivity index (χ2v) is 4.96. The Labute approximate surface area is 125 Å². The molecule has 0 heterocycles. The first-order chi connectivity index (χ1) is 9.06. The molecule has 0 aliphatic carbocycles. The summed E-state index contributed by atoms with van der Waals surface area (Å²) < 4.78 is 0. The molecule has 0 aliphatic rings. The molecule has 0 spiro atoms. The van der Waals surface area contributed by atoms with E-state index in [1.165, 1.54) is 0 Å². The topological polar surface area (TPSA) is 44.6 Å². The number of nitrogens with zero attached hydrogens (tertiary/aromatic N) is 1. The Morgan fingerprint density at radius 1 is 1.05 bits per heavy atom. The molecule has 6 heteroatoms. The summed E-state index contributed by atoms with van der Waals surface area (Å²) in [5.41, 5.74) is 3.96. The number of hydrogen-bond acceptors (Lipinski definition) is 3. The third-order valence-electron chi connectivity index (χ3n) is 2.27. The summed E-state index contributed by atoms with van der Waals surface area (Å²) in [6.45, 7) is 0. The molecule has 3 nitrogen and oxygen atoms in total. The summed E-state index contributed by atoms with van der Waals surface area (Å²) in [4.78, 5) is 0. The Bertz CT molecular complexity index is 606. The number of nitrogens with one attached hydrogen (secondary N) is 1. The van der Waals surface area contributed by atoms with Crippen molar-refractivity contribution in [1.29, 1.82) is 0 Å². The van der Waals surface area contributed by atoms with E-state index in [2.05, 4.69) is 10.5 Å². The van der Waals surface area contributed by atoms with Crippen LogP contribution in [0.2, 0.25) is 15.1 Å². The lowest BCUT2D eigenvalue weighted by molar-refractivity contribution is 0.475. The van der Waals surface area contributed by atoms with Gasteiger partial charge in [-0.1, -0.05) is 46.9 Å². The third-order valence-corrected chi connectivity index (χ3v) is 3.08. The van der Waals surface area contributed by atoms with Crippen LogP contribution in [0.15, 0.2) is 41.5 Å². The second kappa shape index (κ2) is 6.15. The maximum absolute atomic E-state index is 9.31. The van der Waals surface area contributed by atoms with Gasteiger partial charge < -0.3 is 5.11 Å². The Hall–Kier alpha value is -1.42. The van der Waals surface area contributed by atoms with Gasteiger partial charge in [-0.2, -0.15) is 5.10 Å². The molecule has 2 N–H and O–H groups in total. The highest BCUT2D eigenvalue weighted by molar-refractivity contribution is 6.41. The molecule has 19 heavy (non-hydrogen) atoms. The molecular formula is C13H9Cl3N2O. The SMILES string of the molecule is Oc1cccc(/C=N\Nc2c(Cl)cc(Cl)cc2Cl)c1. The molecule has 2 aromatic carbocycles. The molecule has 0 amide bonds. The highest BCUT2D eigenvalue weighted by Crippen LogP contribution is 2.33. The summed E-state index contributed by atoms with van der Waals surface area (Å²) in [6.07, 6.45) is 1.54. The molecule has 0 bridgehead atoms. The van der Waals surface area contributed by atoms with Gasteiger partial charge in [0.25, 0.3) is 0 Å². The number of aromatic hydroxyl groups is 1. The van der Waals surface area contributed by atoms with Crippen LogP contribution in [-0.4, -0.2) is 11.3 Å². The van der Waals surface area contributed by atoms with E-state index in [1.54, 1.807) is 42.6 Å². The summed E-state index contributed by atoms with van der Waals surface area (Å²) in [5.74, 6) is 0.173. The number of phenols is 1. The first-order valence-electron chi connectivity index (χ1n) is 5.29. The zero-order valence-corrected chi connectivity index (χ0v) is 11.8. The third kappa shape index (κ3) is 3.77. The molecule has 0 aliphatic heterocycles. The van der Waals surface area contributed by atoms with Gasteiger partial charge in [-0.05, 0) is 29.8 Å². The van der Waals surface area contributed by atoms with Crippen molar-refractivity contribution < 1.29 is 5.11 Å². The fraction of sp³-hybridized carbons (Fsp3) is 0. The summed E-state index contributed by atoms with van der Waals surface area (Å²) in [7, 11) is 0. The van der Waals surface area contributed by atoms with Gasteiger partial charge in [-0.15, -0.1) is 0 Å². The number of rotatable bonds is 3. The largest absolute Gasteiger partial charge is 0.508 e. The minimum absolute atomic E-state index is 0.173. The lowest BCUT2D eigenvalue weighted by atomic mass is 10.2. The van der Waals surface area contributed by atoms with E-state index in [0.717, 1.165) is 5.56 Å². The highest BCUT2D eigenvalue weighted by Gasteiger charge is 2.06. The maximum atomic E-state index is 9.31. The predicted octanol–water partition coefficient (Wildman–Crippen LogP) is 4.80. The molecule has 2 aromatic rings. The maximum Gasteiger partial charge on any atom is 0.116 e. The van der Waals surface area contributed by atoms with Crippen LogP contribution in [0.1, 0.15) is 5.56 Å². The van der Waals surface area contributed by atoms with Crippen LogP contribution in [-0.2, 0) is 0 Å². The number of benzene rings is 2. The fourth-order valence-corrected chi connectivity index (χ4v) is 2.33. The average Bonchev–Trinajstić information content (AvgIpc) is 2.32. The van der Waals surface area contributed by atoms with Gasteiger partial charge in [0.2, 0.25) is 0 Å². The number of anilines is 1. The molecule has 0 fully saturated rings. The zero-order valence-electron chi connectivity index (χ0n) is 9.57. The van der Waals surface area contributed by atoms with E-state index in [1.807, 2.05) is 0 Å². The number of halogens is 3. The van der Waals surface area contributed by atoms with E-state index in [9.17, 15) is 5.11 Å². The number of hydrazone groups is 1. The zero-order chi connectivity index (χ0) is 13.8. The number of hydrogen-bond donors (Lipinski definition) is 2. The van der Waals surface area contributed by atoms with Gasteiger partial charge in [0.05, 0.1) is 21.9 Å². The predicted molar refractivity (Wildman–Crippen MR) is 80.8 cm³/mol. The van der Waals surface area contributed by atoms with Crippen molar-refractivity contribution in [2.24, 2.45) is 5.10 Å². The smallest absolute Gasteiger partial charge is 0.116 e. The average molecular weight is 316 g/mol. The van der Waals surface area contributed by atoms with Gasteiger partial charge in [0.1, 0.15) is 5.75 Å². The molecule has 0 atom stereocenters. The van der Waals surface area contributed by atoms with E-state index in [4.69, 9.17) is 34.8 Å². The van der Waals surface area contributed by atoms with Gasteiger partial charge >= 0.3 is 0 Å². The first-order valence-corrected chi connectivity index (χ1v) is 6.42. The Balaban J connectivity index is 2.15. The van der Waals surface area contributed by atoms with Crippen LogP contribution < -0.4 is 5.43 Å². The van der Waals surface area contributed by atoms with E-state index >= 15 is 0 Å². The number of phenolic OH excluding ortho intramolecular Hbond substituents is 1. The van der Waals surface area contributed by atoms with E-state index in [-0.39, 0.29) is 5.75 Å². The Morgan fingerprint density at radius 2 is 1.74 bits per heavy atom. The lowest BCUT2D eigenvalue weighted by Gasteiger charge is -2.06. The van der Waals surface area contributed by atoms with Crippen molar-refractivity contribution in [3.8, 4) is 5.75 Å². The van der Waals surface area contributed by atoms with E-state index in [0.29, 0.717) is 20.8 Å². The van der Waals surface area contributed by atoms with Crippen LogP contribution in [0, 0.1) is 0 Å². The lowest BCUT2D eigenvalue weighted by Crippen LogP contribution is -1.92. The molecule has 98 valence electrons. The van der Waals surface area contributed by atoms with Crippen LogP contribution >= 0.6 is 34.8 Å². The quantitative estimate of drug-likeness (QED) is 0.631. The summed E-state index contributed by atoms with van der Waals surface area (Å²) in [6, 6.07) is 9.82. The highest BCUT2D eigenvalue weighted by atomic mass is 35.5. The van der Waals surface area contributed by atoms with Crippen LogP contribution in [0.4, 0.5) is 5.69 Å². The minimum atomic E-state index is 0.173. The second-order valence-electron chi connectivity index (χ2n) is 3.71. The van der Waals surface area contributed by atoms with Gasteiger partial charge in [0, 0.05) is 5.02 Å². The molecular weight excluding hydrogens is 307 g/mol. The molecule has 0 aromatic heterocycles. The van der Waals surface area contributed by atoms with Crippen molar-refractivity contribution in [2.75, 3.05) is 5.43 Å². The molecule has 0 saturated carbocycles. The van der Waals surface area contributed by atoms with Gasteiger partial charge in [0.15, 0.2) is 0 Å². The van der Waals surface area contributed by atoms with Crippen LogP contribution in [0.5, 0.6) is 5.75 Å². The monoisotopic (exact) mass is 314 g/mol. The molecule has 0 unspecified atom stereocenters. The van der Waals surface area contributed by atoms with Gasteiger partial charge in [-0.3, -0.25) is 5.43 Å². The van der Waals surface area contributed by atoms with Crippen LogP contribution in [0.3, 0.4) is 0 Å². The van der Waals surface area contributed by atoms with Crippen molar-refractivity contribution in [3.05, 3.63) is 57.0 Å². The molecule has 2 rings (SSSR count). The van der Waals surface area contributed by atoms with E-state index < -0.39 is 0 Å². The fourth-order valence-electron chi connectivity index (χ4n) is 1.43. The van der Waals surface area contributed by atoms with Crippen molar-refractivity contribution in [3.63, 3.8) is 0 Å². The first kappa shape index (κ1) is 14.0. The molecule has 0 saturated heterocycles. The van der Waals surface area contributed by atoms with Crippen molar-refractivity contribution in [2.45, 2.75) is 0 Å². The summed E-state index contributed by atoms with van der Waals surface area (Å²) in [5, 5.41) is 14.5. The van der Waals surface area contributed by atoms with Crippen molar-refractivity contribution >= 4 is 46.7 Å². The van der Waals surface area contributed by atoms with Crippen molar-refractivity contribution in [1.82, 2.24) is 0 Å². The summed E-state index contributed by atoms with van der Waals surface area (Å²) >= 11 is 17.8. The standard InChI is InChI=1S/C13H9Cl3N2O/c14-9-5-11(15)13(12(16)6-9)18-17-7-8-2-1-3-10(19)4-8/h1-7,18-19H/b17-7-. The normalized spacial score (nSPS) is 10.9.